The summed E-state index contributed by atoms with van der Waals surface area (Å²) in [6, 6.07) is 8.72. The van der Waals surface area contributed by atoms with Gasteiger partial charge in [0.2, 0.25) is 0 Å². The van der Waals surface area contributed by atoms with Gasteiger partial charge in [0.1, 0.15) is 6.10 Å². The van der Waals surface area contributed by atoms with Crippen LogP contribution in [0.15, 0.2) is 41.7 Å². The van der Waals surface area contributed by atoms with Crippen LogP contribution in [0.25, 0.3) is 0 Å². The molecule has 1 aromatic carbocycles. The highest BCUT2D eigenvalue weighted by molar-refractivity contribution is 5.80. The molecule has 2 heterocycles. The van der Waals surface area contributed by atoms with Crippen molar-refractivity contribution in [3.63, 3.8) is 0 Å². The van der Waals surface area contributed by atoms with Crippen molar-refractivity contribution in [2.24, 2.45) is 12.0 Å². The van der Waals surface area contributed by atoms with E-state index < -0.39 is 0 Å². The average molecular weight is 384 g/mol. The summed E-state index contributed by atoms with van der Waals surface area (Å²) < 4.78 is 7.81. The zero-order valence-corrected chi connectivity index (χ0v) is 17.8. The van der Waals surface area contributed by atoms with Crippen LogP contribution in [0.1, 0.15) is 43.6 Å². The smallest absolute Gasteiger partial charge is 0.194 e. The van der Waals surface area contributed by atoms with Crippen molar-refractivity contribution in [2.75, 3.05) is 32.8 Å². The molecule has 0 saturated carbocycles. The Morgan fingerprint density at radius 2 is 2.21 bits per heavy atom. The van der Waals surface area contributed by atoms with Gasteiger partial charge in [-0.25, -0.2) is 0 Å². The van der Waals surface area contributed by atoms with Gasteiger partial charge in [0.15, 0.2) is 5.96 Å². The number of guanidine groups is 1. The maximum Gasteiger partial charge on any atom is 0.194 e. The number of nitrogens with zero attached hydrogens (tertiary/aromatic N) is 4. The maximum atomic E-state index is 5.99. The number of hydrogen-bond acceptors (Lipinski definition) is 3. The summed E-state index contributed by atoms with van der Waals surface area (Å²) in [4.78, 5) is 7.31. The summed E-state index contributed by atoms with van der Waals surface area (Å²) in [6.45, 7) is 12.6. The summed E-state index contributed by atoms with van der Waals surface area (Å²) in [5, 5.41) is 7.74. The van der Waals surface area contributed by atoms with Gasteiger partial charge in [-0.05, 0) is 19.4 Å². The van der Waals surface area contributed by atoms with Crippen molar-refractivity contribution in [2.45, 2.75) is 39.2 Å². The Balaban J connectivity index is 1.74. The number of nitrogens with one attached hydrogen (secondary N) is 1. The van der Waals surface area contributed by atoms with Gasteiger partial charge in [-0.3, -0.25) is 9.67 Å². The highest BCUT2D eigenvalue weighted by atomic mass is 16.5. The first-order valence-electron chi connectivity index (χ1n) is 10.1. The summed E-state index contributed by atoms with van der Waals surface area (Å²) in [5.41, 5.74) is 3.70. The van der Waals surface area contributed by atoms with E-state index in [1.165, 1.54) is 11.1 Å². The van der Waals surface area contributed by atoms with Crippen LogP contribution in [0.3, 0.4) is 0 Å². The average Bonchev–Trinajstić information content (AvgIpc) is 3.12. The van der Waals surface area contributed by atoms with Crippen molar-refractivity contribution in [3.05, 3.63) is 53.3 Å². The zero-order valence-electron chi connectivity index (χ0n) is 17.8. The largest absolute Gasteiger partial charge is 0.370 e. The third-order valence-corrected chi connectivity index (χ3v) is 5.22. The number of rotatable bonds is 5. The summed E-state index contributed by atoms with van der Waals surface area (Å²) in [7, 11) is 1.93. The SMILES string of the molecule is CCNC(=NCC(C)(C)c1cccc(C)c1)N1CCOC(c2cnn(C)c2)C1. The number of aryl methyl sites for hydroxylation is 2. The first-order valence-corrected chi connectivity index (χ1v) is 10.1. The number of aromatic nitrogens is 2. The van der Waals surface area contributed by atoms with E-state index in [0.717, 1.165) is 37.7 Å². The number of benzene rings is 1. The van der Waals surface area contributed by atoms with Crippen LogP contribution in [-0.4, -0.2) is 53.4 Å². The normalized spacial score (nSPS) is 18.4. The fourth-order valence-corrected chi connectivity index (χ4v) is 3.51. The second kappa shape index (κ2) is 8.78. The molecule has 1 aliphatic heterocycles. The molecule has 1 N–H and O–H groups in total. The fourth-order valence-electron chi connectivity index (χ4n) is 3.51. The number of ether oxygens (including phenoxy) is 1. The van der Waals surface area contributed by atoms with E-state index >= 15 is 0 Å². The lowest BCUT2D eigenvalue weighted by Gasteiger charge is -2.35. The molecule has 0 amide bonds. The molecule has 0 spiro atoms. The lowest BCUT2D eigenvalue weighted by molar-refractivity contribution is -0.00806. The van der Waals surface area contributed by atoms with Gasteiger partial charge in [0.05, 0.1) is 25.9 Å². The van der Waals surface area contributed by atoms with Gasteiger partial charge >= 0.3 is 0 Å². The Morgan fingerprint density at radius 1 is 1.39 bits per heavy atom. The molecule has 0 radical (unpaired) electrons. The van der Waals surface area contributed by atoms with Gasteiger partial charge in [-0.15, -0.1) is 0 Å². The van der Waals surface area contributed by atoms with Gasteiger partial charge < -0.3 is 15.0 Å². The monoisotopic (exact) mass is 383 g/mol. The third-order valence-electron chi connectivity index (χ3n) is 5.22. The molecular weight excluding hydrogens is 350 g/mol. The van der Waals surface area contributed by atoms with Crippen molar-refractivity contribution in [1.82, 2.24) is 20.0 Å². The molecule has 3 rings (SSSR count). The van der Waals surface area contributed by atoms with Gasteiger partial charge in [0, 0.05) is 37.3 Å². The number of aliphatic imine (C=N–C) groups is 1. The Hall–Kier alpha value is -2.34. The molecular formula is C22H33N5O. The quantitative estimate of drug-likeness (QED) is 0.637. The Kier molecular flexibility index (Phi) is 6.39. The van der Waals surface area contributed by atoms with Crippen LogP contribution in [0.5, 0.6) is 0 Å². The topological polar surface area (TPSA) is 54.7 Å². The first kappa shape index (κ1) is 20.4. The van der Waals surface area contributed by atoms with E-state index in [-0.39, 0.29) is 11.5 Å². The predicted octanol–water partition coefficient (Wildman–Crippen LogP) is 3.05. The van der Waals surface area contributed by atoms with Crippen LogP contribution in [0.4, 0.5) is 0 Å². The van der Waals surface area contributed by atoms with Gasteiger partial charge in [-0.1, -0.05) is 43.7 Å². The zero-order chi connectivity index (χ0) is 20.1. The molecule has 28 heavy (non-hydrogen) atoms. The molecule has 1 atom stereocenters. The lowest BCUT2D eigenvalue weighted by atomic mass is 9.84. The van der Waals surface area contributed by atoms with E-state index in [1.54, 1.807) is 0 Å². The molecule has 6 nitrogen and oxygen atoms in total. The van der Waals surface area contributed by atoms with Crippen LogP contribution in [0.2, 0.25) is 0 Å². The second-order valence-electron chi connectivity index (χ2n) is 8.18. The molecule has 2 aromatic rings. The molecule has 0 aliphatic carbocycles. The lowest BCUT2D eigenvalue weighted by Crippen LogP contribution is -2.48. The highest BCUT2D eigenvalue weighted by Crippen LogP contribution is 2.25. The summed E-state index contributed by atoms with van der Waals surface area (Å²) >= 11 is 0. The standard InChI is InChI=1S/C22H33N5O/c1-6-23-21(24-16-22(3,4)19-9-7-8-17(2)12-19)27-10-11-28-20(15-27)18-13-25-26(5)14-18/h7-9,12-14,20H,6,10-11,15-16H2,1-5H3,(H,23,24). The van der Waals surface area contributed by atoms with Crippen molar-refractivity contribution in [3.8, 4) is 0 Å². The van der Waals surface area contributed by atoms with E-state index in [1.807, 2.05) is 24.1 Å². The van der Waals surface area contributed by atoms with Crippen molar-refractivity contribution < 1.29 is 4.74 Å². The third kappa shape index (κ3) is 4.93. The maximum absolute atomic E-state index is 5.99. The Labute approximate surface area is 168 Å². The Morgan fingerprint density at radius 3 is 2.89 bits per heavy atom. The van der Waals surface area contributed by atoms with Gasteiger partial charge in [0.25, 0.3) is 0 Å². The molecule has 1 aliphatic rings. The summed E-state index contributed by atoms with van der Waals surface area (Å²) in [5.74, 6) is 0.959. The minimum atomic E-state index is -0.0261. The van der Waals surface area contributed by atoms with Crippen LogP contribution < -0.4 is 5.32 Å². The van der Waals surface area contributed by atoms with E-state index in [9.17, 15) is 0 Å². The molecule has 0 bridgehead atoms. The van der Waals surface area contributed by atoms with E-state index in [0.29, 0.717) is 6.61 Å². The van der Waals surface area contributed by atoms with Crippen LogP contribution >= 0.6 is 0 Å². The second-order valence-corrected chi connectivity index (χ2v) is 8.18. The molecule has 1 saturated heterocycles. The van der Waals surface area contributed by atoms with Crippen LogP contribution in [-0.2, 0) is 17.2 Å². The molecule has 1 unspecified atom stereocenters. The predicted molar refractivity (Wildman–Crippen MR) is 114 cm³/mol. The summed E-state index contributed by atoms with van der Waals surface area (Å²) in [6.07, 6.45) is 3.94. The fraction of sp³-hybridized carbons (Fsp3) is 0.545. The van der Waals surface area contributed by atoms with E-state index in [2.05, 4.69) is 67.3 Å². The molecule has 6 heteroatoms. The highest BCUT2D eigenvalue weighted by Gasteiger charge is 2.26. The van der Waals surface area contributed by atoms with Crippen molar-refractivity contribution in [1.29, 1.82) is 0 Å². The number of hydrogen-bond donors (Lipinski definition) is 1. The minimum absolute atomic E-state index is 0.0242. The van der Waals surface area contributed by atoms with Crippen LogP contribution in [0, 0.1) is 6.92 Å². The molecule has 152 valence electrons. The van der Waals surface area contributed by atoms with Gasteiger partial charge in [-0.2, -0.15) is 5.10 Å². The van der Waals surface area contributed by atoms with E-state index in [4.69, 9.17) is 9.73 Å². The number of morpholine rings is 1. The first-order chi connectivity index (χ1) is 13.4. The van der Waals surface area contributed by atoms with Crippen molar-refractivity contribution >= 4 is 5.96 Å². The molecule has 1 aromatic heterocycles. The minimum Gasteiger partial charge on any atom is -0.370 e. The Bertz CT molecular complexity index is 811. The molecule has 1 fully saturated rings.